The van der Waals surface area contributed by atoms with Crippen LogP contribution in [0.3, 0.4) is 0 Å². The van der Waals surface area contributed by atoms with E-state index in [-0.39, 0.29) is 5.56 Å². The van der Waals surface area contributed by atoms with Crippen molar-refractivity contribution in [2.24, 2.45) is 11.5 Å². The molecule has 0 bridgehead atoms. The number of rotatable bonds is 3. The molecule has 0 amide bonds. The summed E-state index contributed by atoms with van der Waals surface area (Å²) in [6.45, 7) is 2.47. The number of alkyl halides is 2. The third-order valence-corrected chi connectivity index (χ3v) is 5.13. The molecule has 1 aliphatic heterocycles. The normalized spacial score (nSPS) is 21.0. The lowest BCUT2D eigenvalue weighted by molar-refractivity contribution is 0.0135. The van der Waals surface area contributed by atoms with Crippen molar-refractivity contribution in [3.05, 3.63) is 77.0 Å². The number of nitrogens with zero attached hydrogens (tertiary/aromatic N) is 2. The van der Waals surface area contributed by atoms with Crippen molar-refractivity contribution >= 4 is 0 Å². The number of fused-ring (bicyclic) bond motifs is 1. The van der Waals surface area contributed by atoms with Gasteiger partial charge in [0.2, 0.25) is 0 Å². The summed E-state index contributed by atoms with van der Waals surface area (Å²) >= 11 is 0. The first-order valence-electron chi connectivity index (χ1n) is 8.94. The molecule has 0 fully saturated rings. The molecule has 0 aliphatic carbocycles. The molecule has 29 heavy (non-hydrogen) atoms. The number of hydrogen-bond donors (Lipinski definition) is 2. The number of hydrogen-bond acceptors (Lipinski definition) is 5. The Morgan fingerprint density at radius 2 is 1.83 bits per heavy atom. The average molecular weight is 400 g/mol. The minimum absolute atomic E-state index is 0.227. The lowest BCUT2D eigenvalue weighted by atomic mass is 9.82. The Kier molecular flexibility index (Phi) is 4.36. The summed E-state index contributed by atoms with van der Waals surface area (Å²) in [4.78, 5) is 8.55. The number of benzene rings is 1. The second-order valence-electron chi connectivity index (χ2n) is 7.21. The molecular formula is C21H19F3N4O. The standard InChI is InChI=1S/C21H19F3N4O/c1-11-9-12(5-7-27-11)17-18-14(6-8-28-17)21(26,19(25)29-18)13-3-4-16(22)15(10-13)20(2,23)24/h3-10,19H,25-26H2,1-2H3. The van der Waals surface area contributed by atoms with E-state index in [0.717, 1.165) is 23.4 Å². The predicted octanol–water partition coefficient (Wildman–Crippen LogP) is 3.58. The van der Waals surface area contributed by atoms with Crippen LogP contribution < -0.4 is 16.2 Å². The fourth-order valence-electron chi connectivity index (χ4n) is 3.60. The molecule has 4 N–H and O–H groups in total. The first kappa shape index (κ1) is 19.4. The van der Waals surface area contributed by atoms with E-state index in [1.165, 1.54) is 6.07 Å². The molecule has 2 aromatic heterocycles. The van der Waals surface area contributed by atoms with Gasteiger partial charge < -0.3 is 10.5 Å². The molecule has 3 heterocycles. The number of aromatic nitrogens is 2. The van der Waals surface area contributed by atoms with Gasteiger partial charge in [-0.2, -0.15) is 0 Å². The number of nitrogens with two attached hydrogens (primary N) is 2. The number of ether oxygens (including phenoxy) is 1. The Bertz CT molecular complexity index is 1100. The van der Waals surface area contributed by atoms with E-state index < -0.39 is 29.1 Å². The summed E-state index contributed by atoms with van der Waals surface area (Å²) in [6, 6.07) is 8.60. The predicted molar refractivity (Wildman–Crippen MR) is 102 cm³/mol. The van der Waals surface area contributed by atoms with E-state index in [1.807, 2.05) is 13.0 Å². The van der Waals surface area contributed by atoms with Crippen molar-refractivity contribution in [1.82, 2.24) is 9.97 Å². The summed E-state index contributed by atoms with van der Waals surface area (Å²) in [7, 11) is 0. The Balaban J connectivity index is 1.90. The van der Waals surface area contributed by atoms with E-state index in [1.54, 1.807) is 24.5 Å². The van der Waals surface area contributed by atoms with Gasteiger partial charge in [0.1, 0.15) is 17.1 Å². The lowest BCUT2D eigenvalue weighted by Crippen LogP contribution is -2.52. The highest BCUT2D eigenvalue weighted by Crippen LogP contribution is 2.47. The van der Waals surface area contributed by atoms with E-state index in [4.69, 9.17) is 16.2 Å². The van der Waals surface area contributed by atoms with Crippen LogP contribution in [0.1, 0.15) is 29.3 Å². The zero-order valence-corrected chi connectivity index (χ0v) is 15.8. The highest BCUT2D eigenvalue weighted by Gasteiger charge is 2.48. The Morgan fingerprint density at radius 3 is 2.52 bits per heavy atom. The number of halogens is 3. The van der Waals surface area contributed by atoms with E-state index in [9.17, 15) is 13.2 Å². The number of pyridine rings is 2. The minimum atomic E-state index is -3.37. The van der Waals surface area contributed by atoms with Gasteiger partial charge in [-0.3, -0.25) is 15.7 Å². The maximum absolute atomic E-state index is 14.0. The molecule has 2 unspecified atom stereocenters. The molecule has 3 aromatic rings. The number of aryl methyl sites for hydroxylation is 1. The van der Waals surface area contributed by atoms with Crippen molar-refractivity contribution in [1.29, 1.82) is 0 Å². The van der Waals surface area contributed by atoms with E-state index >= 15 is 0 Å². The molecule has 2 atom stereocenters. The van der Waals surface area contributed by atoms with Gasteiger partial charge in [-0.1, -0.05) is 6.07 Å². The highest BCUT2D eigenvalue weighted by atomic mass is 19.3. The average Bonchev–Trinajstić information content (AvgIpc) is 2.92. The smallest absolute Gasteiger partial charge is 0.273 e. The van der Waals surface area contributed by atoms with Crippen molar-refractivity contribution in [3.63, 3.8) is 0 Å². The quantitative estimate of drug-likeness (QED) is 0.702. The SMILES string of the molecule is Cc1cc(-c2nccc3c2OC(N)C3(N)c2ccc(F)c(C(C)(F)F)c2)ccn1. The monoisotopic (exact) mass is 400 g/mol. The molecular weight excluding hydrogens is 381 g/mol. The van der Waals surface area contributed by atoms with Gasteiger partial charge in [0.05, 0.1) is 5.56 Å². The Labute approximate surface area is 165 Å². The van der Waals surface area contributed by atoms with E-state index in [0.29, 0.717) is 23.9 Å². The van der Waals surface area contributed by atoms with Crippen LogP contribution in [0.4, 0.5) is 13.2 Å². The van der Waals surface area contributed by atoms with Gasteiger partial charge in [0, 0.05) is 36.1 Å². The molecule has 0 spiro atoms. The second-order valence-corrected chi connectivity index (χ2v) is 7.21. The van der Waals surface area contributed by atoms with Crippen LogP contribution >= 0.6 is 0 Å². The fourth-order valence-corrected chi connectivity index (χ4v) is 3.60. The van der Waals surface area contributed by atoms with Gasteiger partial charge in [0.15, 0.2) is 12.0 Å². The summed E-state index contributed by atoms with van der Waals surface area (Å²) in [5, 5.41) is 0. The van der Waals surface area contributed by atoms with Gasteiger partial charge in [0.25, 0.3) is 5.92 Å². The van der Waals surface area contributed by atoms with Crippen LogP contribution in [-0.2, 0) is 11.5 Å². The van der Waals surface area contributed by atoms with Gasteiger partial charge in [-0.15, -0.1) is 0 Å². The van der Waals surface area contributed by atoms with Crippen molar-refractivity contribution < 1.29 is 17.9 Å². The molecule has 150 valence electrons. The zero-order valence-electron chi connectivity index (χ0n) is 15.8. The Hall–Kier alpha value is -2.97. The molecule has 5 nitrogen and oxygen atoms in total. The second kappa shape index (κ2) is 6.53. The van der Waals surface area contributed by atoms with E-state index in [2.05, 4.69) is 9.97 Å². The van der Waals surface area contributed by atoms with Crippen LogP contribution in [0.2, 0.25) is 0 Å². The maximum atomic E-state index is 14.0. The largest absolute Gasteiger partial charge is 0.470 e. The third-order valence-electron chi connectivity index (χ3n) is 5.13. The zero-order chi connectivity index (χ0) is 21.0. The minimum Gasteiger partial charge on any atom is -0.470 e. The molecule has 1 aromatic carbocycles. The van der Waals surface area contributed by atoms with Gasteiger partial charge >= 0.3 is 0 Å². The molecule has 8 heteroatoms. The van der Waals surface area contributed by atoms with Crippen molar-refractivity contribution in [2.45, 2.75) is 31.5 Å². The first-order chi connectivity index (χ1) is 13.6. The maximum Gasteiger partial charge on any atom is 0.273 e. The molecule has 0 radical (unpaired) electrons. The summed E-state index contributed by atoms with van der Waals surface area (Å²) in [5.41, 5.74) is 13.4. The van der Waals surface area contributed by atoms with Crippen molar-refractivity contribution in [2.75, 3.05) is 0 Å². The molecule has 4 rings (SSSR count). The topological polar surface area (TPSA) is 87.0 Å². The molecule has 1 aliphatic rings. The van der Waals surface area contributed by atoms with Gasteiger partial charge in [-0.05, 0) is 42.8 Å². The van der Waals surface area contributed by atoms with Crippen LogP contribution in [0.25, 0.3) is 11.3 Å². The van der Waals surface area contributed by atoms with Crippen LogP contribution in [0.15, 0.2) is 48.8 Å². The van der Waals surface area contributed by atoms with Gasteiger partial charge in [-0.25, -0.2) is 13.2 Å². The summed E-state index contributed by atoms with van der Waals surface area (Å²) in [6.07, 6.45) is 2.12. The van der Waals surface area contributed by atoms with Crippen LogP contribution in [-0.4, -0.2) is 16.2 Å². The fraction of sp³-hybridized carbons (Fsp3) is 0.238. The highest BCUT2D eigenvalue weighted by molar-refractivity contribution is 5.71. The first-order valence-corrected chi connectivity index (χ1v) is 8.94. The molecule has 0 saturated heterocycles. The summed E-state index contributed by atoms with van der Waals surface area (Å²) < 4.78 is 47.6. The Morgan fingerprint density at radius 1 is 1.10 bits per heavy atom. The van der Waals surface area contributed by atoms with Crippen LogP contribution in [0, 0.1) is 12.7 Å². The molecule has 0 saturated carbocycles. The lowest BCUT2D eigenvalue weighted by Gasteiger charge is -2.29. The third kappa shape index (κ3) is 3.04. The summed E-state index contributed by atoms with van der Waals surface area (Å²) in [5.74, 6) is -4.02. The van der Waals surface area contributed by atoms with Crippen LogP contribution in [0.5, 0.6) is 5.75 Å². The van der Waals surface area contributed by atoms with Crippen molar-refractivity contribution in [3.8, 4) is 17.0 Å².